The largest absolute Gasteiger partial charge is 0.492 e. The van der Waals surface area contributed by atoms with Crippen LogP contribution in [-0.2, 0) is 24.9 Å². The van der Waals surface area contributed by atoms with Crippen LogP contribution >= 0.6 is 11.8 Å². The number of ether oxygens (including phenoxy) is 2. The molecular formula is C22H26N4O3S. The van der Waals surface area contributed by atoms with Gasteiger partial charge in [-0.1, -0.05) is 43.0 Å². The first-order valence-electron chi connectivity index (χ1n) is 9.85. The summed E-state index contributed by atoms with van der Waals surface area (Å²) in [6, 6.07) is 15.4. The van der Waals surface area contributed by atoms with E-state index in [0.717, 1.165) is 12.2 Å². The molecule has 1 aromatic heterocycles. The number of benzene rings is 2. The van der Waals surface area contributed by atoms with Gasteiger partial charge >= 0.3 is 0 Å². The minimum atomic E-state index is -0.135. The number of aromatic nitrogens is 3. The van der Waals surface area contributed by atoms with Gasteiger partial charge in [-0.25, -0.2) is 0 Å². The normalized spacial score (nSPS) is 10.6. The van der Waals surface area contributed by atoms with Gasteiger partial charge in [-0.3, -0.25) is 4.79 Å². The highest BCUT2D eigenvalue weighted by molar-refractivity contribution is 7.99. The SMILES string of the molecule is CCOc1ccccc1NC(=O)CSc1nnc(COc2ccc(CC)cc2)n1C. The first kappa shape index (κ1) is 21.7. The molecule has 0 saturated heterocycles. The van der Waals surface area contributed by atoms with E-state index in [4.69, 9.17) is 9.47 Å². The lowest BCUT2D eigenvalue weighted by molar-refractivity contribution is -0.113. The molecule has 0 radical (unpaired) electrons. The zero-order valence-electron chi connectivity index (χ0n) is 17.4. The Labute approximate surface area is 180 Å². The van der Waals surface area contributed by atoms with E-state index >= 15 is 0 Å². The summed E-state index contributed by atoms with van der Waals surface area (Å²) in [5.41, 5.74) is 1.92. The van der Waals surface area contributed by atoms with Crippen molar-refractivity contribution in [3.63, 3.8) is 0 Å². The van der Waals surface area contributed by atoms with Crippen molar-refractivity contribution in [1.29, 1.82) is 0 Å². The molecule has 0 aliphatic heterocycles. The van der Waals surface area contributed by atoms with Gasteiger partial charge in [0.1, 0.15) is 18.1 Å². The number of thioether (sulfide) groups is 1. The monoisotopic (exact) mass is 426 g/mol. The predicted molar refractivity (Wildman–Crippen MR) is 118 cm³/mol. The maximum atomic E-state index is 12.4. The van der Waals surface area contributed by atoms with Crippen LogP contribution in [0.3, 0.4) is 0 Å². The fourth-order valence-electron chi connectivity index (χ4n) is 2.73. The van der Waals surface area contributed by atoms with Gasteiger partial charge in [0, 0.05) is 7.05 Å². The Morgan fingerprint density at radius 2 is 1.83 bits per heavy atom. The summed E-state index contributed by atoms with van der Waals surface area (Å²) < 4.78 is 13.2. The lowest BCUT2D eigenvalue weighted by Gasteiger charge is -2.11. The van der Waals surface area contributed by atoms with E-state index in [9.17, 15) is 4.79 Å². The van der Waals surface area contributed by atoms with E-state index in [1.165, 1.54) is 17.3 Å². The molecule has 7 nitrogen and oxygen atoms in total. The molecule has 0 saturated carbocycles. The number of hydrogen-bond donors (Lipinski definition) is 1. The number of carbonyl (C=O) groups is 1. The minimum Gasteiger partial charge on any atom is -0.492 e. The van der Waals surface area contributed by atoms with Crippen LogP contribution in [0.5, 0.6) is 11.5 Å². The maximum Gasteiger partial charge on any atom is 0.234 e. The quantitative estimate of drug-likeness (QED) is 0.492. The average Bonchev–Trinajstić information content (AvgIpc) is 3.12. The van der Waals surface area contributed by atoms with Crippen LogP contribution in [0.4, 0.5) is 5.69 Å². The van der Waals surface area contributed by atoms with E-state index in [1.54, 1.807) is 0 Å². The molecule has 0 spiro atoms. The molecule has 2 aromatic carbocycles. The summed E-state index contributed by atoms with van der Waals surface area (Å²) in [7, 11) is 1.86. The van der Waals surface area contributed by atoms with E-state index in [2.05, 4.69) is 34.6 Å². The highest BCUT2D eigenvalue weighted by Crippen LogP contribution is 2.24. The van der Waals surface area contributed by atoms with E-state index < -0.39 is 0 Å². The van der Waals surface area contributed by atoms with Crippen LogP contribution in [0.1, 0.15) is 25.2 Å². The summed E-state index contributed by atoms with van der Waals surface area (Å²) in [5, 5.41) is 11.9. The number of hydrogen-bond acceptors (Lipinski definition) is 6. The van der Waals surface area contributed by atoms with Crippen LogP contribution in [0.15, 0.2) is 53.7 Å². The van der Waals surface area contributed by atoms with Crippen LogP contribution in [0.25, 0.3) is 0 Å². The second-order valence-corrected chi connectivity index (χ2v) is 7.45. The molecule has 0 aliphatic rings. The molecular weight excluding hydrogens is 400 g/mol. The van der Waals surface area contributed by atoms with Gasteiger partial charge < -0.3 is 19.4 Å². The van der Waals surface area contributed by atoms with Crippen molar-refractivity contribution in [2.75, 3.05) is 17.7 Å². The molecule has 30 heavy (non-hydrogen) atoms. The Kier molecular flexibility index (Phi) is 7.73. The van der Waals surface area contributed by atoms with Gasteiger partial charge in [0.05, 0.1) is 18.0 Å². The van der Waals surface area contributed by atoms with Crippen molar-refractivity contribution in [3.8, 4) is 11.5 Å². The first-order chi connectivity index (χ1) is 14.6. The number of carbonyl (C=O) groups excluding carboxylic acids is 1. The molecule has 0 bridgehead atoms. The molecule has 158 valence electrons. The van der Waals surface area contributed by atoms with Gasteiger partial charge in [-0.2, -0.15) is 0 Å². The number of aryl methyl sites for hydroxylation is 1. The molecule has 0 aliphatic carbocycles. The Bertz CT molecular complexity index is 973. The van der Waals surface area contributed by atoms with Gasteiger partial charge in [0.2, 0.25) is 5.91 Å². The summed E-state index contributed by atoms with van der Waals surface area (Å²) in [4.78, 5) is 12.4. The average molecular weight is 427 g/mol. The number of anilines is 1. The number of amides is 1. The zero-order valence-corrected chi connectivity index (χ0v) is 18.2. The molecule has 0 fully saturated rings. The Hall–Kier alpha value is -3.00. The zero-order chi connectivity index (χ0) is 21.3. The second kappa shape index (κ2) is 10.7. The molecule has 8 heteroatoms. The third-order valence-corrected chi connectivity index (χ3v) is 5.44. The van der Waals surface area contributed by atoms with Crippen molar-refractivity contribution < 1.29 is 14.3 Å². The van der Waals surface area contributed by atoms with Crippen LogP contribution in [0.2, 0.25) is 0 Å². The van der Waals surface area contributed by atoms with Gasteiger partial charge in [0.15, 0.2) is 11.0 Å². The lowest BCUT2D eigenvalue weighted by atomic mass is 10.2. The van der Waals surface area contributed by atoms with Gasteiger partial charge in [0.25, 0.3) is 0 Å². The highest BCUT2D eigenvalue weighted by atomic mass is 32.2. The number of nitrogens with one attached hydrogen (secondary N) is 1. The van der Waals surface area contributed by atoms with Crippen molar-refractivity contribution >= 4 is 23.4 Å². The number of nitrogens with zero attached hydrogens (tertiary/aromatic N) is 3. The fraction of sp³-hybridized carbons (Fsp3) is 0.318. The number of para-hydroxylation sites is 2. The molecule has 3 rings (SSSR count). The summed E-state index contributed by atoms with van der Waals surface area (Å²) in [5.74, 6) is 2.22. The predicted octanol–water partition coefficient (Wildman–Crippen LogP) is 4.09. The lowest BCUT2D eigenvalue weighted by Crippen LogP contribution is -2.15. The smallest absolute Gasteiger partial charge is 0.234 e. The molecule has 3 aromatic rings. The Balaban J connectivity index is 1.52. The Morgan fingerprint density at radius 3 is 2.57 bits per heavy atom. The second-order valence-electron chi connectivity index (χ2n) is 6.51. The minimum absolute atomic E-state index is 0.135. The van der Waals surface area contributed by atoms with Crippen LogP contribution < -0.4 is 14.8 Å². The third-order valence-electron chi connectivity index (χ3n) is 4.42. The van der Waals surface area contributed by atoms with E-state index in [-0.39, 0.29) is 11.7 Å². The number of rotatable bonds is 10. The first-order valence-corrected chi connectivity index (χ1v) is 10.8. The summed E-state index contributed by atoms with van der Waals surface area (Å²) in [6.07, 6.45) is 0.995. The summed E-state index contributed by atoms with van der Waals surface area (Å²) in [6.45, 7) is 4.87. The van der Waals surface area contributed by atoms with Crippen LogP contribution in [0, 0.1) is 0 Å². The van der Waals surface area contributed by atoms with Crippen molar-refractivity contribution in [1.82, 2.24) is 14.8 Å². The maximum absolute atomic E-state index is 12.4. The molecule has 0 atom stereocenters. The van der Waals surface area contributed by atoms with Crippen LogP contribution in [-0.4, -0.2) is 33.0 Å². The van der Waals surface area contributed by atoms with Crippen molar-refractivity contribution in [3.05, 3.63) is 59.9 Å². The van der Waals surface area contributed by atoms with E-state index in [1.807, 2.05) is 54.9 Å². The molecule has 0 unspecified atom stereocenters. The van der Waals surface area contributed by atoms with Gasteiger partial charge in [-0.15, -0.1) is 10.2 Å². The molecule has 1 N–H and O–H groups in total. The third kappa shape index (κ3) is 5.76. The fourth-order valence-corrected chi connectivity index (χ4v) is 3.46. The highest BCUT2D eigenvalue weighted by Gasteiger charge is 2.13. The standard InChI is InChI=1S/C22H26N4O3S/c1-4-16-10-12-17(13-11-16)29-14-20-24-25-22(26(20)3)30-15-21(27)23-18-8-6-7-9-19(18)28-5-2/h6-13H,4-5,14-15H2,1-3H3,(H,23,27). The van der Waals surface area contributed by atoms with Crippen molar-refractivity contribution in [2.45, 2.75) is 32.0 Å². The van der Waals surface area contributed by atoms with Crippen molar-refractivity contribution in [2.24, 2.45) is 7.05 Å². The summed E-state index contributed by atoms with van der Waals surface area (Å²) >= 11 is 1.32. The molecule has 1 heterocycles. The Morgan fingerprint density at radius 1 is 1.07 bits per heavy atom. The van der Waals surface area contributed by atoms with Gasteiger partial charge in [-0.05, 0) is 43.2 Å². The van der Waals surface area contributed by atoms with E-state index in [0.29, 0.717) is 35.6 Å². The molecule has 1 amide bonds. The topological polar surface area (TPSA) is 78.3 Å².